The zero-order valence-electron chi connectivity index (χ0n) is 29.8. The van der Waals surface area contributed by atoms with E-state index in [0.29, 0.717) is 12.8 Å². The lowest BCUT2D eigenvalue weighted by atomic mass is 9.70. The molecule has 0 N–H and O–H groups in total. The minimum absolute atomic E-state index is 0.0696. The molecule has 5 rings (SSSR count). The second kappa shape index (κ2) is 11.3. The second-order valence-electron chi connectivity index (χ2n) is 17.3. The summed E-state index contributed by atoms with van der Waals surface area (Å²) < 4.78 is 36.1. The Hall–Kier alpha value is -2.41. The van der Waals surface area contributed by atoms with Crippen molar-refractivity contribution in [2.45, 2.75) is 126 Å². The van der Waals surface area contributed by atoms with E-state index >= 15 is 0 Å². The van der Waals surface area contributed by atoms with E-state index in [1.807, 2.05) is 0 Å². The topological polar surface area (TPSA) is 60.4 Å². The average molecular weight is 663 g/mol. The van der Waals surface area contributed by atoms with Crippen molar-refractivity contribution in [2.24, 2.45) is 16.7 Å². The van der Waals surface area contributed by atoms with Crippen LogP contribution in [0.2, 0.25) is 0 Å². The summed E-state index contributed by atoms with van der Waals surface area (Å²) in [6.07, 6.45) is 1.93. The monoisotopic (exact) mass is 662 g/mol. The number of hydrogen-bond donors (Lipinski definition) is 0. The summed E-state index contributed by atoms with van der Waals surface area (Å²) in [5.74, 6) is -0.00985. The summed E-state index contributed by atoms with van der Waals surface area (Å²) in [6, 6.07) is 24.9. The molecule has 3 aromatic rings. The van der Waals surface area contributed by atoms with E-state index in [0.717, 1.165) is 37.8 Å². The highest BCUT2D eigenvalue weighted by Gasteiger charge is 2.65. The van der Waals surface area contributed by atoms with Crippen LogP contribution in [0.25, 0.3) is 0 Å². The lowest BCUT2D eigenvalue weighted by Crippen LogP contribution is -2.42. The first-order valence-electron chi connectivity index (χ1n) is 16.7. The van der Waals surface area contributed by atoms with Crippen molar-refractivity contribution in [2.75, 3.05) is 5.75 Å². The molecule has 6 heteroatoms. The average Bonchev–Trinajstić information content (AvgIpc) is 3.29. The van der Waals surface area contributed by atoms with Crippen LogP contribution in [0, 0.1) is 16.7 Å². The zero-order chi connectivity index (χ0) is 34.1. The molecule has 2 atom stereocenters. The second-order valence-corrected chi connectivity index (χ2v) is 21.8. The molecule has 250 valence electrons. The molecule has 4 nitrogen and oxygen atoms in total. The number of carbonyl (C=O) groups is 1. The molecular formula is C40H54O4S2. The summed E-state index contributed by atoms with van der Waals surface area (Å²) >= 11 is 0. The molecule has 2 aliphatic carbocycles. The largest absolute Gasteiger partial charge is 0.299 e. The van der Waals surface area contributed by atoms with Gasteiger partial charge in [-0.3, -0.25) is 4.79 Å². The smallest absolute Gasteiger partial charge is 0.278 e. The fourth-order valence-electron chi connectivity index (χ4n) is 7.56. The number of benzene rings is 3. The van der Waals surface area contributed by atoms with Crippen molar-refractivity contribution in [3.63, 3.8) is 0 Å². The minimum Gasteiger partial charge on any atom is -0.299 e. The molecule has 46 heavy (non-hydrogen) atoms. The van der Waals surface area contributed by atoms with Crippen molar-refractivity contribution in [3.05, 3.63) is 89.5 Å². The first-order valence-corrected chi connectivity index (χ1v) is 19.8. The standard InChI is InChI=1S/C40H54O4S2/c1-36(2,3)28-12-18-32(19-13-28)46(33-20-14-29(15-21-33)37(4,5)6,34-22-16-30(17-23-34)38(7,8)9)44-45(42,43)27-40-25-24-31(26-35(40)41)39(40,10)11/h12-23,31H,24-27H2,1-11H3. The van der Waals surface area contributed by atoms with Crippen LogP contribution in [-0.4, -0.2) is 20.0 Å². The molecule has 0 aliphatic heterocycles. The van der Waals surface area contributed by atoms with Crippen molar-refractivity contribution in [1.82, 2.24) is 0 Å². The van der Waals surface area contributed by atoms with Gasteiger partial charge in [-0.05, 0) is 104 Å². The molecule has 3 aromatic carbocycles. The number of carbonyl (C=O) groups excluding carboxylic acids is 1. The van der Waals surface area contributed by atoms with Crippen LogP contribution in [0.4, 0.5) is 0 Å². The molecule has 0 spiro atoms. The van der Waals surface area contributed by atoms with Crippen molar-refractivity contribution < 1.29 is 16.8 Å². The molecule has 2 fully saturated rings. The van der Waals surface area contributed by atoms with E-state index in [4.69, 9.17) is 3.63 Å². The number of rotatable bonds is 7. The Morgan fingerprint density at radius 1 is 0.652 bits per heavy atom. The van der Waals surface area contributed by atoms with Crippen molar-refractivity contribution in [1.29, 1.82) is 0 Å². The minimum atomic E-state index is -4.21. The Bertz CT molecular complexity index is 1560. The highest BCUT2D eigenvalue weighted by molar-refractivity contribution is 8.33. The fraction of sp³-hybridized carbons (Fsp3) is 0.525. The predicted molar refractivity (Wildman–Crippen MR) is 191 cm³/mol. The van der Waals surface area contributed by atoms with E-state index in [1.165, 1.54) is 0 Å². The summed E-state index contributed by atoms with van der Waals surface area (Å²) in [7, 11) is -7.01. The van der Waals surface area contributed by atoms with E-state index in [9.17, 15) is 13.2 Å². The molecule has 0 heterocycles. The van der Waals surface area contributed by atoms with Gasteiger partial charge in [-0.1, -0.05) is 113 Å². The normalized spacial score (nSPS) is 22.3. The molecule has 2 bridgehead atoms. The van der Waals surface area contributed by atoms with Crippen LogP contribution in [0.5, 0.6) is 0 Å². The van der Waals surface area contributed by atoms with Crippen molar-refractivity contribution >= 4 is 26.2 Å². The summed E-state index contributed by atoms with van der Waals surface area (Å²) in [6.45, 7) is 23.7. The molecule has 2 aliphatic rings. The Labute approximate surface area is 280 Å². The van der Waals surface area contributed by atoms with Gasteiger partial charge in [0.15, 0.2) is 0 Å². The Balaban J connectivity index is 1.75. The van der Waals surface area contributed by atoms with Gasteiger partial charge in [0.05, 0.1) is 11.2 Å². The molecule has 0 radical (unpaired) electrons. The number of Topliss-reactive ketones (excluding diaryl/α,β-unsaturated/α-hetero) is 1. The van der Waals surface area contributed by atoms with Crippen LogP contribution >= 0.6 is 10.3 Å². The highest BCUT2D eigenvalue weighted by Crippen LogP contribution is 2.71. The van der Waals surface area contributed by atoms with E-state index in [1.54, 1.807) is 0 Å². The Morgan fingerprint density at radius 3 is 1.26 bits per heavy atom. The maximum atomic E-state index is 14.7. The predicted octanol–water partition coefficient (Wildman–Crippen LogP) is 10.5. The van der Waals surface area contributed by atoms with E-state index in [2.05, 4.69) is 149 Å². The van der Waals surface area contributed by atoms with Gasteiger partial charge >= 0.3 is 0 Å². The summed E-state index contributed by atoms with van der Waals surface area (Å²) in [4.78, 5) is 16.0. The van der Waals surface area contributed by atoms with Crippen LogP contribution in [0.3, 0.4) is 0 Å². The first-order chi connectivity index (χ1) is 21.0. The van der Waals surface area contributed by atoms with Gasteiger partial charge in [0.25, 0.3) is 10.1 Å². The molecule has 0 saturated heterocycles. The third-order valence-electron chi connectivity index (χ3n) is 10.9. The Kier molecular flexibility index (Phi) is 8.61. The third-order valence-corrected chi connectivity index (χ3v) is 16.2. The van der Waals surface area contributed by atoms with Gasteiger partial charge in [0.2, 0.25) is 0 Å². The Morgan fingerprint density at radius 2 is 1.00 bits per heavy atom. The SMILES string of the molecule is CC(C)(C)c1ccc(S(OS(=O)(=O)CC23CCC(CC2=O)C3(C)C)(c2ccc(C(C)(C)C)cc2)c2ccc(C(C)(C)C)cc2)cc1. The summed E-state index contributed by atoms with van der Waals surface area (Å²) in [5, 5.41) is 0. The maximum Gasteiger partial charge on any atom is 0.278 e. The number of fused-ring (bicyclic) bond motifs is 2. The van der Waals surface area contributed by atoms with Gasteiger partial charge in [0, 0.05) is 21.1 Å². The van der Waals surface area contributed by atoms with Crippen LogP contribution in [0.15, 0.2) is 87.5 Å². The molecule has 0 aromatic heterocycles. The van der Waals surface area contributed by atoms with Crippen LogP contribution < -0.4 is 0 Å². The van der Waals surface area contributed by atoms with Crippen LogP contribution in [-0.2, 0) is 34.8 Å². The highest BCUT2D eigenvalue weighted by atomic mass is 32.3. The fourth-order valence-corrected chi connectivity index (χ4v) is 13.6. The summed E-state index contributed by atoms with van der Waals surface area (Å²) in [5.41, 5.74) is 1.95. The first kappa shape index (κ1) is 34.9. The number of ketones is 1. The molecule has 0 amide bonds. The quantitative estimate of drug-likeness (QED) is 0.253. The van der Waals surface area contributed by atoms with Crippen LogP contribution in [0.1, 0.15) is 112 Å². The lowest BCUT2D eigenvalue weighted by Gasteiger charge is -2.42. The molecule has 2 saturated carbocycles. The van der Waals surface area contributed by atoms with Crippen molar-refractivity contribution in [3.8, 4) is 0 Å². The zero-order valence-corrected chi connectivity index (χ0v) is 31.4. The van der Waals surface area contributed by atoms with Gasteiger partial charge in [0.1, 0.15) is 5.78 Å². The lowest BCUT2D eigenvalue weighted by molar-refractivity contribution is -0.128. The van der Waals surface area contributed by atoms with Gasteiger partial charge in [-0.25, -0.2) is 3.63 Å². The number of hydrogen-bond acceptors (Lipinski definition) is 4. The van der Waals surface area contributed by atoms with Gasteiger partial charge in [-0.15, -0.1) is 0 Å². The van der Waals surface area contributed by atoms with Gasteiger partial charge in [-0.2, -0.15) is 8.42 Å². The molecule has 2 unspecified atom stereocenters. The third kappa shape index (κ3) is 6.03. The van der Waals surface area contributed by atoms with E-state index in [-0.39, 0.29) is 33.7 Å². The molecular weight excluding hydrogens is 609 g/mol. The maximum absolute atomic E-state index is 14.7. The van der Waals surface area contributed by atoms with Gasteiger partial charge < -0.3 is 0 Å². The van der Waals surface area contributed by atoms with E-state index < -0.39 is 31.3 Å².